The number of hydrogen-bond acceptors (Lipinski definition) is 10. The highest BCUT2D eigenvalue weighted by Gasteiger charge is 2.27. The smallest absolute Gasteiger partial charge is 0.348 e. The van der Waals surface area contributed by atoms with Gasteiger partial charge in [-0.1, -0.05) is 23.4 Å². The molecule has 0 aliphatic heterocycles. The second-order valence-corrected chi connectivity index (χ2v) is 10.1. The molecular weight excluding hydrogens is 540 g/mol. The molecule has 198 valence electrons. The number of aromatic nitrogens is 3. The van der Waals surface area contributed by atoms with Gasteiger partial charge in [0.15, 0.2) is 11.0 Å². The van der Waals surface area contributed by atoms with Gasteiger partial charge in [0, 0.05) is 12.1 Å². The van der Waals surface area contributed by atoms with Gasteiger partial charge in [0.2, 0.25) is 5.91 Å². The van der Waals surface area contributed by atoms with Gasteiger partial charge in [-0.2, -0.15) is 0 Å². The number of carbonyl (C=O) groups excluding carboxylic acids is 3. The minimum atomic E-state index is -0.622. The molecule has 0 bridgehead atoms. The molecule has 3 aromatic rings. The molecule has 1 aromatic carbocycles. The molecule has 2 aromatic heterocycles. The Bertz CT molecular complexity index is 1310. The number of thiophene rings is 1. The monoisotopic (exact) mass is 566 g/mol. The first-order chi connectivity index (χ1) is 17.7. The van der Waals surface area contributed by atoms with Crippen LogP contribution in [0.25, 0.3) is 0 Å². The Morgan fingerprint density at radius 1 is 1.11 bits per heavy atom. The van der Waals surface area contributed by atoms with Crippen molar-refractivity contribution in [3.63, 3.8) is 0 Å². The van der Waals surface area contributed by atoms with E-state index in [1.165, 1.54) is 11.8 Å². The van der Waals surface area contributed by atoms with Gasteiger partial charge in [0.05, 0.1) is 24.5 Å². The number of halogens is 1. The molecule has 0 saturated heterocycles. The largest absolute Gasteiger partial charge is 0.485 e. The number of carbonyl (C=O) groups is 3. The van der Waals surface area contributed by atoms with E-state index in [1.54, 1.807) is 44.5 Å². The lowest BCUT2D eigenvalue weighted by Crippen LogP contribution is -2.17. The van der Waals surface area contributed by atoms with Crippen LogP contribution in [0.4, 0.5) is 5.00 Å². The number of ether oxygens (including phenoxy) is 3. The molecule has 0 saturated carbocycles. The van der Waals surface area contributed by atoms with E-state index < -0.39 is 11.9 Å². The summed E-state index contributed by atoms with van der Waals surface area (Å²) in [4.78, 5) is 37.8. The molecule has 0 atom stereocenters. The molecule has 0 aliphatic rings. The molecule has 0 fully saturated rings. The van der Waals surface area contributed by atoms with E-state index in [1.807, 2.05) is 13.0 Å². The molecule has 13 heteroatoms. The lowest BCUT2D eigenvalue weighted by molar-refractivity contribution is -0.113. The van der Waals surface area contributed by atoms with E-state index >= 15 is 0 Å². The van der Waals surface area contributed by atoms with Gasteiger partial charge in [0.25, 0.3) is 0 Å². The summed E-state index contributed by atoms with van der Waals surface area (Å²) in [6, 6.07) is 5.35. The van der Waals surface area contributed by atoms with Gasteiger partial charge in [-0.3, -0.25) is 4.79 Å². The SMILES string of the molecule is CCOC(=O)c1sc(NC(=O)CSc2nnc(COc3ccc(Cl)cc3C)n2C)c(C(=O)OCC)c1C. The maximum atomic E-state index is 12.7. The number of nitrogens with one attached hydrogen (secondary N) is 1. The van der Waals surface area contributed by atoms with E-state index in [2.05, 4.69) is 15.5 Å². The Morgan fingerprint density at radius 3 is 2.49 bits per heavy atom. The van der Waals surface area contributed by atoms with Crippen molar-refractivity contribution in [1.29, 1.82) is 0 Å². The average molecular weight is 567 g/mol. The van der Waals surface area contributed by atoms with Gasteiger partial charge in [-0.05, 0) is 57.0 Å². The van der Waals surface area contributed by atoms with Gasteiger partial charge in [-0.15, -0.1) is 21.5 Å². The van der Waals surface area contributed by atoms with Gasteiger partial charge in [-0.25, -0.2) is 9.59 Å². The Kier molecular flexibility index (Phi) is 9.95. The minimum absolute atomic E-state index is 0.00290. The Labute approximate surface area is 227 Å². The van der Waals surface area contributed by atoms with E-state index in [9.17, 15) is 14.4 Å². The van der Waals surface area contributed by atoms with Crippen molar-refractivity contribution in [2.45, 2.75) is 39.5 Å². The van der Waals surface area contributed by atoms with Crippen LogP contribution in [0.1, 0.15) is 50.8 Å². The number of aryl methyl sites for hydroxylation is 1. The van der Waals surface area contributed by atoms with Crippen molar-refractivity contribution < 1.29 is 28.6 Å². The van der Waals surface area contributed by atoms with Crippen LogP contribution >= 0.6 is 34.7 Å². The Balaban J connectivity index is 1.66. The Morgan fingerprint density at radius 2 is 1.81 bits per heavy atom. The van der Waals surface area contributed by atoms with E-state index in [-0.39, 0.29) is 46.9 Å². The van der Waals surface area contributed by atoms with Crippen molar-refractivity contribution >= 4 is 57.5 Å². The third kappa shape index (κ3) is 7.02. The summed E-state index contributed by atoms with van der Waals surface area (Å²) in [5, 5.41) is 12.4. The van der Waals surface area contributed by atoms with E-state index in [0.29, 0.717) is 27.3 Å². The van der Waals surface area contributed by atoms with Gasteiger partial charge < -0.3 is 24.1 Å². The second-order valence-electron chi connectivity index (χ2n) is 7.69. The van der Waals surface area contributed by atoms with Crippen LogP contribution in [-0.4, -0.2) is 51.6 Å². The fraction of sp³-hybridized carbons (Fsp3) is 0.375. The van der Waals surface area contributed by atoms with Crippen molar-refractivity contribution in [2.24, 2.45) is 7.05 Å². The van der Waals surface area contributed by atoms with Crippen LogP contribution in [0.5, 0.6) is 5.75 Å². The van der Waals surface area contributed by atoms with Gasteiger partial charge >= 0.3 is 11.9 Å². The number of rotatable bonds is 11. The zero-order valence-electron chi connectivity index (χ0n) is 21.0. The number of amides is 1. The fourth-order valence-electron chi connectivity index (χ4n) is 3.25. The zero-order chi connectivity index (χ0) is 27.1. The molecule has 0 spiro atoms. The highest BCUT2D eigenvalue weighted by atomic mass is 35.5. The standard InChI is InChI=1S/C24H27ClN4O6S2/c1-6-33-22(31)19-14(4)20(23(32)34-7-2)37-21(19)26-18(30)12-36-24-28-27-17(29(24)5)11-35-16-9-8-15(25)10-13(16)3/h8-10H,6-7,11-12H2,1-5H3,(H,26,30). The quantitative estimate of drug-likeness (QED) is 0.257. The maximum absolute atomic E-state index is 12.7. The van der Waals surface area contributed by atoms with E-state index in [4.69, 9.17) is 25.8 Å². The third-order valence-electron chi connectivity index (χ3n) is 5.09. The van der Waals surface area contributed by atoms with Crippen LogP contribution in [0.2, 0.25) is 5.02 Å². The molecule has 3 rings (SSSR count). The first-order valence-electron chi connectivity index (χ1n) is 11.3. The molecule has 0 aliphatic carbocycles. The first-order valence-corrected chi connectivity index (χ1v) is 13.5. The first kappa shape index (κ1) is 28.5. The highest BCUT2D eigenvalue weighted by molar-refractivity contribution is 7.99. The summed E-state index contributed by atoms with van der Waals surface area (Å²) in [6.07, 6.45) is 0. The van der Waals surface area contributed by atoms with Crippen LogP contribution in [0.3, 0.4) is 0 Å². The fourth-order valence-corrected chi connectivity index (χ4v) is 5.31. The number of thioether (sulfide) groups is 1. The Hall–Kier alpha value is -3.09. The van der Waals surface area contributed by atoms with Crippen LogP contribution in [-0.2, 0) is 27.9 Å². The predicted octanol–water partition coefficient (Wildman–Crippen LogP) is 4.81. The number of anilines is 1. The van der Waals surface area contributed by atoms with Crippen molar-refractivity contribution in [2.75, 3.05) is 24.3 Å². The number of esters is 2. The summed E-state index contributed by atoms with van der Waals surface area (Å²) in [5.41, 5.74) is 1.45. The van der Waals surface area contributed by atoms with Crippen LogP contribution < -0.4 is 10.1 Å². The summed E-state index contributed by atoms with van der Waals surface area (Å²) in [5.74, 6) is -0.306. The highest BCUT2D eigenvalue weighted by Crippen LogP contribution is 2.34. The van der Waals surface area contributed by atoms with E-state index in [0.717, 1.165) is 16.9 Å². The molecule has 1 amide bonds. The molecule has 10 nitrogen and oxygen atoms in total. The molecule has 1 N–H and O–H groups in total. The zero-order valence-corrected chi connectivity index (χ0v) is 23.4. The summed E-state index contributed by atoms with van der Waals surface area (Å²) < 4.78 is 17.8. The van der Waals surface area contributed by atoms with Crippen LogP contribution in [0.15, 0.2) is 23.4 Å². The summed E-state index contributed by atoms with van der Waals surface area (Å²) in [6.45, 7) is 7.42. The number of nitrogens with zero attached hydrogens (tertiary/aromatic N) is 3. The second kappa shape index (κ2) is 12.9. The lowest BCUT2D eigenvalue weighted by atomic mass is 10.1. The lowest BCUT2D eigenvalue weighted by Gasteiger charge is -2.09. The van der Waals surface area contributed by atoms with Crippen molar-refractivity contribution in [3.05, 3.63) is 50.6 Å². The summed E-state index contributed by atoms with van der Waals surface area (Å²) >= 11 is 8.14. The third-order valence-corrected chi connectivity index (χ3v) is 7.53. The van der Waals surface area contributed by atoms with Crippen molar-refractivity contribution in [1.82, 2.24) is 14.8 Å². The summed E-state index contributed by atoms with van der Waals surface area (Å²) in [7, 11) is 1.78. The number of benzene rings is 1. The molecule has 37 heavy (non-hydrogen) atoms. The molecule has 2 heterocycles. The molecule has 0 unspecified atom stereocenters. The van der Waals surface area contributed by atoms with Gasteiger partial charge in [0.1, 0.15) is 22.2 Å². The average Bonchev–Trinajstić information content (AvgIpc) is 3.36. The topological polar surface area (TPSA) is 122 Å². The van der Waals surface area contributed by atoms with Crippen molar-refractivity contribution in [3.8, 4) is 5.75 Å². The normalized spacial score (nSPS) is 10.8. The minimum Gasteiger partial charge on any atom is -0.485 e. The van der Waals surface area contributed by atoms with Crippen LogP contribution in [0, 0.1) is 13.8 Å². The molecule has 0 radical (unpaired) electrons. The molecular formula is C24H27ClN4O6S2. The predicted molar refractivity (Wildman–Crippen MR) is 142 cm³/mol. The number of hydrogen-bond donors (Lipinski definition) is 1. The maximum Gasteiger partial charge on any atom is 0.348 e.